The molecular formula is C28H33N3O4S. The van der Waals surface area contributed by atoms with Crippen LogP contribution in [-0.2, 0) is 32.6 Å². The van der Waals surface area contributed by atoms with Gasteiger partial charge in [-0.25, -0.2) is 8.42 Å². The Balaban J connectivity index is 2.06. The molecule has 0 bridgehead atoms. The molecule has 3 rings (SSSR count). The lowest BCUT2D eigenvalue weighted by molar-refractivity contribution is -0.139. The van der Waals surface area contributed by atoms with Crippen molar-refractivity contribution in [1.29, 1.82) is 0 Å². The Kier molecular flexibility index (Phi) is 8.88. The molecule has 0 saturated heterocycles. The Hall–Kier alpha value is -3.65. The molecule has 1 unspecified atom stereocenters. The summed E-state index contributed by atoms with van der Waals surface area (Å²) in [7, 11) is -2.56. The number of nitrogens with one attached hydrogen (secondary N) is 1. The molecule has 8 heteroatoms. The van der Waals surface area contributed by atoms with Crippen LogP contribution in [0.4, 0.5) is 5.69 Å². The third-order valence-electron chi connectivity index (χ3n) is 6.14. The number of likely N-dealkylation sites (N-methyl/N-ethyl adjacent to an activating group) is 1. The van der Waals surface area contributed by atoms with Crippen LogP contribution < -0.4 is 9.62 Å². The van der Waals surface area contributed by atoms with Gasteiger partial charge in [0.1, 0.15) is 12.6 Å². The summed E-state index contributed by atoms with van der Waals surface area (Å²) in [6, 6.07) is 22.2. The third kappa shape index (κ3) is 6.12. The van der Waals surface area contributed by atoms with E-state index in [0.29, 0.717) is 12.1 Å². The van der Waals surface area contributed by atoms with Gasteiger partial charge in [0.2, 0.25) is 11.8 Å². The van der Waals surface area contributed by atoms with Gasteiger partial charge < -0.3 is 10.2 Å². The second kappa shape index (κ2) is 11.9. The molecule has 0 aliphatic carbocycles. The van der Waals surface area contributed by atoms with Crippen LogP contribution >= 0.6 is 0 Å². The second-order valence-electron chi connectivity index (χ2n) is 8.60. The van der Waals surface area contributed by atoms with E-state index in [1.54, 1.807) is 43.3 Å². The average Bonchev–Trinajstić information content (AvgIpc) is 2.90. The highest BCUT2D eigenvalue weighted by molar-refractivity contribution is 7.92. The van der Waals surface area contributed by atoms with Crippen molar-refractivity contribution in [3.8, 4) is 0 Å². The smallest absolute Gasteiger partial charge is 0.264 e. The number of aryl methyl sites for hydroxylation is 2. The zero-order valence-electron chi connectivity index (χ0n) is 21.1. The number of carbonyl (C=O) groups excluding carboxylic acids is 2. The molecular weight excluding hydrogens is 474 g/mol. The molecule has 3 aromatic rings. The van der Waals surface area contributed by atoms with Crippen molar-refractivity contribution in [3.63, 3.8) is 0 Å². The quantitative estimate of drug-likeness (QED) is 0.451. The van der Waals surface area contributed by atoms with Crippen molar-refractivity contribution in [2.24, 2.45) is 0 Å². The van der Waals surface area contributed by atoms with Crippen molar-refractivity contribution in [2.75, 3.05) is 17.9 Å². The van der Waals surface area contributed by atoms with E-state index in [9.17, 15) is 18.0 Å². The fraction of sp³-hybridized carbons (Fsp3) is 0.286. The first-order chi connectivity index (χ1) is 17.2. The van der Waals surface area contributed by atoms with Crippen molar-refractivity contribution < 1.29 is 18.0 Å². The molecule has 0 heterocycles. The van der Waals surface area contributed by atoms with Crippen LogP contribution in [0.5, 0.6) is 0 Å². The minimum Gasteiger partial charge on any atom is -0.357 e. The van der Waals surface area contributed by atoms with E-state index in [-0.39, 0.29) is 17.3 Å². The highest BCUT2D eigenvalue weighted by Crippen LogP contribution is 2.28. The number of sulfonamides is 1. The van der Waals surface area contributed by atoms with Gasteiger partial charge in [0.25, 0.3) is 10.0 Å². The lowest BCUT2D eigenvalue weighted by Crippen LogP contribution is -2.50. The van der Waals surface area contributed by atoms with Crippen LogP contribution in [0.25, 0.3) is 0 Å². The number of rotatable bonds is 10. The predicted octanol–water partition coefficient (Wildman–Crippen LogP) is 3.92. The maximum Gasteiger partial charge on any atom is 0.264 e. The van der Waals surface area contributed by atoms with E-state index >= 15 is 0 Å². The van der Waals surface area contributed by atoms with Crippen LogP contribution in [0.3, 0.4) is 0 Å². The first kappa shape index (κ1) is 26.9. The van der Waals surface area contributed by atoms with E-state index in [2.05, 4.69) is 5.32 Å². The van der Waals surface area contributed by atoms with Gasteiger partial charge in [0, 0.05) is 13.6 Å². The molecule has 0 aromatic heterocycles. The summed E-state index contributed by atoms with van der Waals surface area (Å²) in [5.74, 6) is -0.808. The maximum atomic E-state index is 13.9. The van der Waals surface area contributed by atoms with Gasteiger partial charge in [-0.2, -0.15) is 0 Å². The van der Waals surface area contributed by atoms with Gasteiger partial charge in [-0.05, 0) is 49.6 Å². The number of nitrogens with zero attached hydrogens (tertiary/aromatic N) is 2. The van der Waals surface area contributed by atoms with Crippen LogP contribution in [0, 0.1) is 6.92 Å². The van der Waals surface area contributed by atoms with Gasteiger partial charge >= 0.3 is 0 Å². The van der Waals surface area contributed by atoms with Crippen molar-refractivity contribution in [1.82, 2.24) is 10.2 Å². The number of para-hydroxylation sites is 1. The summed E-state index contributed by atoms with van der Waals surface area (Å²) in [5.41, 5.74) is 3.01. The Morgan fingerprint density at radius 1 is 0.917 bits per heavy atom. The topological polar surface area (TPSA) is 86.8 Å². The molecule has 0 aliphatic heterocycles. The van der Waals surface area contributed by atoms with Gasteiger partial charge in [-0.1, -0.05) is 73.2 Å². The van der Waals surface area contributed by atoms with E-state index in [1.807, 2.05) is 56.3 Å². The lowest BCUT2D eigenvalue weighted by Gasteiger charge is -2.32. The predicted molar refractivity (Wildman–Crippen MR) is 142 cm³/mol. The molecule has 2 amide bonds. The molecule has 7 nitrogen and oxygen atoms in total. The highest BCUT2D eigenvalue weighted by atomic mass is 32.2. The van der Waals surface area contributed by atoms with Gasteiger partial charge in [-0.3, -0.25) is 13.9 Å². The number of hydrogen-bond donors (Lipinski definition) is 1. The molecule has 0 radical (unpaired) electrons. The van der Waals surface area contributed by atoms with Crippen molar-refractivity contribution >= 4 is 27.5 Å². The molecule has 0 spiro atoms. The molecule has 36 heavy (non-hydrogen) atoms. The summed E-state index contributed by atoms with van der Waals surface area (Å²) >= 11 is 0. The summed E-state index contributed by atoms with van der Waals surface area (Å²) in [5, 5.41) is 2.59. The number of hydrogen-bond acceptors (Lipinski definition) is 4. The van der Waals surface area contributed by atoms with Gasteiger partial charge in [0.05, 0.1) is 10.6 Å². The maximum absolute atomic E-state index is 13.9. The second-order valence-corrected chi connectivity index (χ2v) is 10.5. The number of carbonyl (C=O) groups is 2. The van der Waals surface area contributed by atoms with E-state index in [4.69, 9.17) is 0 Å². The molecule has 1 atom stereocenters. The fourth-order valence-electron chi connectivity index (χ4n) is 3.98. The molecule has 3 aromatic carbocycles. The standard InChI is InChI=1S/C28H33N3O4S/c1-5-24-13-9-10-14-26(24)31(36(34,35)25-17-15-21(2)16-18-25)20-27(32)30(22(3)28(33)29-4)19-23-11-7-6-8-12-23/h6-18,22H,5,19-20H2,1-4H3,(H,29,33). The Morgan fingerprint density at radius 3 is 2.14 bits per heavy atom. The molecule has 190 valence electrons. The first-order valence-corrected chi connectivity index (χ1v) is 13.3. The molecule has 0 saturated carbocycles. The van der Waals surface area contributed by atoms with E-state index < -0.39 is 28.5 Å². The zero-order chi connectivity index (χ0) is 26.3. The van der Waals surface area contributed by atoms with Crippen LogP contribution in [0.2, 0.25) is 0 Å². The summed E-state index contributed by atoms with van der Waals surface area (Å²) in [6.45, 7) is 5.18. The number of amides is 2. The third-order valence-corrected chi connectivity index (χ3v) is 7.91. The minimum atomic E-state index is -4.07. The van der Waals surface area contributed by atoms with Gasteiger partial charge in [-0.15, -0.1) is 0 Å². The average molecular weight is 508 g/mol. The summed E-state index contributed by atoms with van der Waals surface area (Å²) in [4.78, 5) is 27.8. The number of anilines is 1. The molecule has 0 aliphatic rings. The van der Waals surface area contributed by atoms with E-state index in [1.165, 1.54) is 11.9 Å². The normalized spacial score (nSPS) is 12.0. The van der Waals surface area contributed by atoms with Crippen molar-refractivity contribution in [2.45, 2.75) is 44.7 Å². The van der Waals surface area contributed by atoms with Crippen LogP contribution in [0.15, 0.2) is 83.8 Å². The minimum absolute atomic E-state index is 0.0979. The Morgan fingerprint density at radius 2 is 1.53 bits per heavy atom. The number of benzene rings is 3. The Labute approximate surface area is 213 Å². The lowest BCUT2D eigenvalue weighted by atomic mass is 10.1. The van der Waals surface area contributed by atoms with Crippen molar-refractivity contribution in [3.05, 3.63) is 95.6 Å². The molecule has 1 N–H and O–H groups in total. The fourth-order valence-corrected chi connectivity index (χ4v) is 5.43. The van der Waals surface area contributed by atoms with Crippen LogP contribution in [-0.4, -0.2) is 44.8 Å². The largest absolute Gasteiger partial charge is 0.357 e. The Bertz CT molecular complexity index is 1290. The summed E-state index contributed by atoms with van der Waals surface area (Å²) < 4.78 is 28.9. The molecule has 0 fully saturated rings. The monoisotopic (exact) mass is 507 g/mol. The van der Waals surface area contributed by atoms with Crippen LogP contribution in [0.1, 0.15) is 30.5 Å². The summed E-state index contributed by atoms with van der Waals surface area (Å²) in [6.07, 6.45) is 0.590. The zero-order valence-corrected chi connectivity index (χ0v) is 22.0. The van der Waals surface area contributed by atoms with E-state index in [0.717, 1.165) is 21.0 Å². The SMILES string of the molecule is CCc1ccccc1N(CC(=O)N(Cc1ccccc1)C(C)C(=O)NC)S(=O)(=O)c1ccc(C)cc1. The highest BCUT2D eigenvalue weighted by Gasteiger charge is 2.33. The van der Waals surface area contributed by atoms with Gasteiger partial charge in [0.15, 0.2) is 0 Å². The first-order valence-electron chi connectivity index (χ1n) is 11.9.